The summed E-state index contributed by atoms with van der Waals surface area (Å²) in [6, 6.07) is 0.171. The van der Waals surface area contributed by atoms with Crippen molar-refractivity contribution in [1.82, 2.24) is 13.9 Å². The highest BCUT2D eigenvalue weighted by molar-refractivity contribution is 7.89. The molecule has 1 aromatic rings. The Labute approximate surface area is 107 Å². The molecular formula is C11H18N4O2S. The van der Waals surface area contributed by atoms with Gasteiger partial charge in [-0.05, 0) is 31.6 Å². The van der Waals surface area contributed by atoms with Crippen LogP contribution in [0.3, 0.4) is 0 Å². The third-order valence-electron chi connectivity index (χ3n) is 3.55. The molecule has 0 saturated heterocycles. The van der Waals surface area contributed by atoms with Crippen molar-refractivity contribution in [2.75, 3.05) is 12.3 Å². The molecule has 18 heavy (non-hydrogen) atoms. The van der Waals surface area contributed by atoms with Crippen LogP contribution in [0.4, 0.5) is 5.82 Å². The minimum atomic E-state index is -3.50. The number of hydrogen-bond acceptors (Lipinski definition) is 4. The van der Waals surface area contributed by atoms with Crippen LogP contribution in [0.25, 0.3) is 0 Å². The molecule has 1 aromatic heterocycles. The van der Waals surface area contributed by atoms with Gasteiger partial charge >= 0.3 is 0 Å². The van der Waals surface area contributed by atoms with Crippen molar-refractivity contribution < 1.29 is 8.42 Å². The Morgan fingerprint density at radius 2 is 2.11 bits per heavy atom. The molecule has 0 spiro atoms. The molecule has 3 rings (SSSR count). The SMILES string of the molecule is Cn1cnc(N)c1S(=O)(=O)N(CC1CC1)C1CC1. The molecule has 0 atom stereocenters. The number of nitrogen functional groups attached to an aromatic ring is 1. The van der Waals surface area contributed by atoms with Crippen molar-refractivity contribution in [1.29, 1.82) is 0 Å². The van der Waals surface area contributed by atoms with Crippen molar-refractivity contribution in [3.05, 3.63) is 6.33 Å². The molecule has 1 heterocycles. The number of sulfonamides is 1. The van der Waals surface area contributed by atoms with Crippen molar-refractivity contribution in [2.45, 2.75) is 36.8 Å². The molecule has 2 aliphatic carbocycles. The maximum Gasteiger partial charge on any atom is 0.262 e. The molecule has 0 unspecified atom stereocenters. The van der Waals surface area contributed by atoms with Gasteiger partial charge in [0.2, 0.25) is 0 Å². The predicted octanol–water partition coefficient (Wildman–Crippen LogP) is 0.565. The Morgan fingerprint density at radius 1 is 1.44 bits per heavy atom. The largest absolute Gasteiger partial charge is 0.381 e. The van der Waals surface area contributed by atoms with Crippen molar-refractivity contribution >= 4 is 15.8 Å². The highest BCUT2D eigenvalue weighted by atomic mass is 32.2. The van der Waals surface area contributed by atoms with E-state index in [1.165, 1.54) is 10.9 Å². The van der Waals surface area contributed by atoms with Crippen LogP contribution >= 0.6 is 0 Å². The zero-order valence-electron chi connectivity index (χ0n) is 10.4. The molecule has 0 aliphatic heterocycles. The number of aromatic nitrogens is 2. The van der Waals surface area contributed by atoms with Crippen molar-refractivity contribution in [3.8, 4) is 0 Å². The van der Waals surface area contributed by atoms with Gasteiger partial charge in [0.25, 0.3) is 10.0 Å². The minimum Gasteiger partial charge on any atom is -0.381 e. The second-order valence-corrected chi connectivity index (χ2v) is 7.10. The molecular weight excluding hydrogens is 252 g/mol. The number of aryl methyl sites for hydroxylation is 1. The summed E-state index contributed by atoms with van der Waals surface area (Å²) in [5.41, 5.74) is 5.69. The van der Waals surface area contributed by atoms with E-state index in [4.69, 9.17) is 5.73 Å². The molecule has 100 valence electrons. The number of nitrogens with two attached hydrogens (primary N) is 1. The fourth-order valence-electron chi connectivity index (χ4n) is 2.22. The van der Waals surface area contributed by atoms with E-state index < -0.39 is 10.0 Å². The lowest BCUT2D eigenvalue weighted by Gasteiger charge is -2.21. The van der Waals surface area contributed by atoms with Crippen LogP contribution in [-0.2, 0) is 17.1 Å². The smallest absolute Gasteiger partial charge is 0.262 e. The summed E-state index contributed by atoms with van der Waals surface area (Å²) in [7, 11) is -1.84. The van der Waals surface area contributed by atoms with Gasteiger partial charge in [-0.1, -0.05) is 0 Å². The molecule has 0 amide bonds. The maximum atomic E-state index is 12.7. The number of anilines is 1. The monoisotopic (exact) mass is 270 g/mol. The van der Waals surface area contributed by atoms with E-state index in [1.807, 2.05) is 0 Å². The number of nitrogens with zero attached hydrogens (tertiary/aromatic N) is 3. The first-order valence-corrected chi connectivity index (χ1v) is 7.73. The van der Waals surface area contributed by atoms with E-state index in [9.17, 15) is 8.42 Å². The Kier molecular flexibility index (Phi) is 2.63. The lowest BCUT2D eigenvalue weighted by molar-refractivity contribution is 0.385. The first kappa shape index (κ1) is 12.0. The average molecular weight is 270 g/mol. The van der Waals surface area contributed by atoms with Gasteiger partial charge in [-0.15, -0.1) is 0 Å². The Hall–Kier alpha value is -1.08. The summed E-state index contributed by atoms with van der Waals surface area (Å²) in [6.07, 6.45) is 5.65. The summed E-state index contributed by atoms with van der Waals surface area (Å²) in [6.45, 7) is 0.637. The first-order chi connectivity index (χ1) is 8.50. The molecule has 6 nitrogen and oxygen atoms in total. The van der Waals surface area contributed by atoms with E-state index in [2.05, 4.69) is 4.98 Å². The fraction of sp³-hybridized carbons (Fsp3) is 0.727. The normalized spacial score (nSPS) is 20.6. The van der Waals surface area contributed by atoms with Gasteiger partial charge in [0.05, 0.1) is 6.33 Å². The lowest BCUT2D eigenvalue weighted by atomic mass is 10.4. The summed E-state index contributed by atoms with van der Waals surface area (Å²) in [4.78, 5) is 3.87. The Morgan fingerprint density at radius 3 is 2.56 bits per heavy atom. The summed E-state index contributed by atoms with van der Waals surface area (Å²) < 4.78 is 28.5. The summed E-state index contributed by atoms with van der Waals surface area (Å²) in [5.74, 6) is 0.633. The third kappa shape index (κ3) is 2.01. The van der Waals surface area contributed by atoms with Crippen LogP contribution < -0.4 is 5.73 Å². The number of imidazole rings is 1. The molecule has 2 fully saturated rings. The van der Waals surface area contributed by atoms with E-state index in [-0.39, 0.29) is 16.9 Å². The Balaban J connectivity index is 1.95. The molecule has 0 bridgehead atoms. The number of hydrogen-bond donors (Lipinski definition) is 1. The van der Waals surface area contributed by atoms with Crippen LogP contribution in [0.15, 0.2) is 11.4 Å². The van der Waals surface area contributed by atoms with E-state index in [0.717, 1.165) is 25.7 Å². The zero-order chi connectivity index (χ0) is 12.9. The van der Waals surface area contributed by atoms with Gasteiger partial charge in [0.1, 0.15) is 0 Å². The molecule has 0 aromatic carbocycles. The number of rotatable bonds is 5. The van der Waals surface area contributed by atoms with Gasteiger partial charge in [0.15, 0.2) is 10.8 Å². The fourth-order valence-corrected chi connectivity index (χ4v) is 4.18. The quantitative estimate of drug-likeness (QED) is 0.848. The molecule has 2 aliphatic rings. The van der Waals surface area contributed by atoms with Crippen molar-refractivity contribution in [3.63, 3.8) is 0 Å². The maximum absolute atomic E-state index is 12.7. The van der Waals surface area contributed by atoms with Crippen molar-refractivity contribution in [2.24, 2.45) is 13.0 Å². The molecule has 2 saturated carbocycles. The average Bonchev–Trinajstić information content (AvgIpc) is 3.17. The highest BCUT2D eigenvalue weighted by Gasteiger charge is 2.42. The molecule has 0 radical (unpaired) electrons. The topological polar surface area (TPSA) is 81.2 Å². The molecule has 2 N–H and O–H groups in total. The van der Waals surface area contributed by atoms with E-state index >= 15 is 0 Å². The Bertz CT molecular complexity index is 538. The third-order valence-corrected chi connectivity index (χ3v) is 5.60. The van der Waals surface area contributed by atoms with Gasteiger partial charge in [-0.3, -0.25) is 0 Å². The predicted molar refractivity (Wildman–Crippen MR) is 67.3 cm³/mol. The van der Waals surface area contributed by atoms with Gasteiger partial charge < -0.3 is 10.3 Å². The lowest BCUT2D eigenvalue weighted by Crippen LogP contribution is -2.36. The van der Waals surface area contributed by atoms with Gasteiger partial charge in [0, 0.05) is 19.6 Å². The van der Waals surface area contributed by atoms with Gasteiger partial charge in [-0.2, -0.15) is 4.31 Å². The van der Waals surface area contributed by atoms with Crippen LogP contribution in [0.1, 0.15) is 25.7 Å². The second kappa shape index (κ2) is 3.96. The van der Waals surface area contributed by atoms with Crippen LogP contribution in [0, 0.1) is 5.92 Å². The summed E-state index contributed by atoms with van der Waals surface area (Å²) >= 11 is 0. The van der Waals surface area contributed by atoms with Crippen LogP contribution in [0.5, 0.6) is 0 Å². The summed E-state index contributed by atoms with van der Waals surface area (Å²) in [5, 5.41) is 0.134. The zero-order valence-corrected chi connectivity index (χ0v) is 11.2. The molecule has 7 heteroatoms. The standard InChI is InChI=1S/C11H18N4O2S/c1-14-7-13-10(12)11(14)18(16,17)15(9-4-5-9)6-8-2-3-8/h7-9H,2-6,12H2,1H3. The van der Waals surface area contributed by atoms with E-state index in [0.29, 0.717) is 12.5 Å². The van der Waals surface area contributed by atoms with Crippen LogP contribution in [-0.4, -0.2) is 34.9 Å². The first-order valence-electron chi connectivity index (χ1n) is 6.29. The highest BCUT2D eigenvalue weighted by Crippen LogP contribution is 2.38. The van der Waals surface area contributed by atoms with Crippen LogP contribution in [0.2, 0.25) is 0 Å². The van der Waals surface area contributed by atoms with Gasteiger partial charge in [-0.25, -0.2) is 13.4 Å². The minimum absolute atomic E-state index is 0.0962. The second-order valence-electron chi connectivity index (χ2n) is 5.30. The van der Waals surface area contributed by atoms with E-state index in [1.54, 1.807) is 11.4 Å².